The number of aromatic nitrogens is 1. The lowest BCUT2D eigenvalue weighted by Gasteiger charge is -2.09. The van der Waals surface area contributed by atoms with Gasteiger partial charge in [-0.25, -0.2) is 13.2 Å². The largest absolute Gasteiger partial charge is 0.320 e. The highest BCUT2D eigenvalue weighted by Crippen LogP contribution is 2.26. The third kappa shape index (κ3) is 3.91. The molecule has 1 amide bonds. The molecule has 120 valence electrons. The predicted octanol–water partition coefficient (Wildman–Crippen LogP) is 3.09. The molecule has 0 saturated heterocycles. The minimum atomic E-state index is -2.81. The van der Waals surface area contributed by atoms with E-state index in [-0.39, 0.29) is 14.9 Å². The van der Waals surface area contributed by atoms with Crippen LogP contribution >= 0.6 is 22.9 Å². The van der Waals surface area contributed by atoms with Crippen molar-refractivity contribution in [3.05, 3.63) is 49.3 Å². The molecule has 2 rings (SSSR count). The first-order valence-electron chi connectivity index (χ1n) is 6.00. The Balaban J connectivity index is 2.34. The molecular weight excluding hydrogens is 355 g/mol. The van der Waals surface area contributed by atoms with Gasteiger partial charge < -0.3 is 9.88 Å². The Morgan fingerprint density at radius 1 is 1.48 bits per heavy atom. The van der Waals surface area contributed by atoms with Gasteiger partial charge in [0.2, 0.25) is 0 Å². The van der Waals surface area contributed by atoms with Crippen molar-refractivity contribution in [2.45, 2.75) is 13.0 Å². The topological polar surface area (TPSA) is 74.9 Å². The lowest BCUT2D eigenvalue weighted by molar-refractivity contribution is 0.103. The Bertz CT molecular complexity index is 838. The quantitative estimate of drug-likeness (QED) is 0.909. The highest BCUT2D eigenvalue weighted by molar-refractivity contribution is 7.18. The second-order valence-electron chi connectivity index (χ2n) is 4.29. The van der Waals surface area contributed by atoms with E-state index in [1.165, 1.54) is 0 Å². The number of hydrogen-bond acceptors (Lipinski definition) is 4. The van der Waals surface area contributed by atoms with Gasteiger partial charge >= 0.3 is 0 Å². The van der Waals surface area contributed by atoms with Gasteiger partial charge in [0.1, 0.15) is 16.0 Å². The number of thiophene rings is 1. The molecule has 0 fully saturated rings. The summed E-state index contributed by atoms with van der Waals surface area (Å²) in [5.74, 6) is -1.51. The van der Waals surface area contributed by atoms with Gasteiger partial charge in [-0.05, 0) is 12.1 Å². The van der Waals surface area contributed by atoms with Crippen LogP contribution in [0.4, 0.5) is 18.9 Å². The molecule has 0 bridgehead atoms. The number of alkyl halides is 2. The summed E-state index contributed by atoms with van der Waals surface area (Å²) in [5.41, 5.74) is -1.34. The average Bonchev–Trinajstić information content (AvgIpc) is 2.81. The molecule has 23 heavy (non-hydrogen) atoms. The number of amides is 1. The number of nitrogens with one attached hydrogen (secondary N) is 1. The molecule has 0 radical (unpaired) electrons. The predicted molar refractivity (Wildman–Crippen MR) is 78.7 cm³/mol. The van der Waals surface area contributed by atoms with Gasteiger partial charge in [0, 0.05) is 6.20 Å². The van der Waals surface area contributed by atoms with Gasteiger partial charge in [-0.2, -0.15) is 5.26 Å². The third-order valence-corrected chi connectivity index (χ3v) is 3.98. The molecule has 0 aliphatic carbocycles. The van der Waals surface area contributed by atoms with Crippen LogP contribution in [0.5, 0.6) is 0 Å². The smallest absolute Gasteiger partial charge is 0.268 e. The monoisotopic (exact) mass is 361 g/mol. The van der Waals surface area contributed by atoms with Crippen molar-refractivity contribution in [1.29, 1.82) is 5.26 Å². The van der Waals surface area contributed by atoms with Crippen LogP contribution in [-0.2, 0) is 6.54 Å². The van der Waals surface area contributed by atoms with Crippen LogP contribution in [0, 0.1) is 17.1 Å². The zero-order valence-electron chi connectivity index (χ0n) is 11.1. The Morgan fingerprint density at radius 2 is 2.17 bits per heavy atom. The van der Waals surface area contributed by atoms with Crippen LogP contribution in [0.3, 0.4) is 0 Å². The summed E-state index contributed by atoms with van der Waals surface area (Å²) in [7, 11) is 0. The van der Waals surface area contributed by atoms with Gasteiger partial charge in [0.25, 0.3) is 17.9 Å². The Kier molecular flexibility index (Phi) is 5.08. The second-order valence-corrected chi connectivity index (χ2v) is 5.94. The van der Waals surface area contributed by atoms with Crippen LogP contribution in [0.25, 0.3) is 0 Å². The summed E-state index contributed by atoms with van der Waals surface area (Å²) in [6, 6.07) is 3.54. The molecule has 0 aromatic carbocycles. The van der Waals surface area contributed by atoms with Crippen molar-refractivity contribution in [3.63, 3.8) is 0 Å². The zero-order valence-corrected chi connectivity index (χ0v) is 12.7. The molecule has 0 spiro atoms. The fourth-order valence-corrected chi connectivity index (χ4v) is 2.68. The Morgan fingerprint density at radius 3 is 2.70 bits per heavy atom. The minimum absolute atomic E-state index is 0.0439. The maximum absolute atomic E-state index is 13.1. The average molecular weight is 362 g/mol. The van der Waals surface area contributed by atoms with Gasteiger partial charge in [0.15, 0.2) is 5.82 Å². The molecular formula is C13H7ClF3N3O2S. The van der Waals surface area contributed by atoms with Crippen LogP contribution in [-0.4, -0.2) is 16.9 Å². The van der Waals surface area contributed by atoms with E-state index >= 15 is 0 Å². The lowest BCUT2D eigenvalue weighted by Crippen LogP contribution is -2.26. The third-order valence-electron chi connectivity index (χ3n) is 2.67. The fraction of sp³-hybridized carbons (Fsp3) is 0.154. The Hall–Kier alpha value is -2.31. The first kappa shape index (κ1) is 17.1. The van der Waals surface area contributed by atoms with E-state index in [1.54, 1.807) is 6.07 Å². The van der Waals surface area contributed by atoms with Crippen LogP contribution < -0.4 is 10.9 Å². The molecule has 10 heteroatoms. The Labute approximate surface area is 136 Å². The number of carbonyl (C=O) groups excluding carboxylic acids is 1. The number of nitriles is 1. The molecule has 0 saturated carbocycles. The van der Waals surface area contributed by atoms with E-state index in [0.29, 0.717) is 15.9 Å². The maximum Gasteiger partial charge on any atom is 0.268 e. The van der Waals surface area contributed by atoms with Crippen LogP contribution in [0.15, 0.2) is 23.1 Å². The summed E-state index contributed by atoms with van der Waals surface area (Å²) < 4.78 is 38.5. The van der Waals surface area contributed by atoms with E-state index in [9.17, 15) is 22.8 Å². The molecule has 2 heterocycles. The molecule has 0 aliphatic rings. The standard InChI is InChI=1S/C13H7ClF3N3O2S/c14-11-8(15)2-9(23-11)12(21)19-7-1-6(3-18)13(22)20(4-7)5-10(16)17/h1-2,4,10H,5H2,(H,19,21). The highest BCUT2D eigenvalue weighted by atomic mass is 35.5. The van der Waals surface area contributed by atoms with E-state index in [2.05, 4.69) is 5.32 Å². The normalized spacial score (nSPS) is 10.6. The van der Waals surface area contributed by atoms with E-state index < -0.39 is 35.8 Å². The van der Waals surface area contributed by atoms with Crippen molar-refractivity contribution in [2.24, 2.45) is 0 Å². The number of nitrogens with zero attached hydrogens (tertiary/aromatic N) is 2. The van der Waals surface area contributed by atoms with Crippen LogP contribution in [0.1, 0.15) is 15.2 Å². The number of hydrogen-bond donors (Lipinski definition) is 1. The van der Waals surface area contributed by atoms with E-state index in [0.717, 1.165) is 18.3 Å². The summed E-state index contributed by atoms with van der Waals surface area (Å²) >= 11 is 6.21. The highest BCUT2D eigenvalue weighted by Gasteiger charge is 2.16. The maximum atomic E-state index is 13.1. The van der Waals surface area contributed by atoms with Gasteiger partial charge in [-0.15, -0.1) is 11.3 Å². The van der Waals surface area contributed by atoms with Crippen molar-refractivity contribution < 1.29 is 18.0 Å². The van der Waals surface area contributed by atoms with Crippen molar-refractivity contribution >= 4 is 34.5 Å². The minimum Gasteiger partial charge on any atom is -0.320 e. The van der Waals surface area contributed by atoms with Crippen LogP contribution in [0.2, 0.25) is 4.34 Å². The van der Waals surface area contributed by atoms with Crippen molar-refractivity contribution in [2.75, 3.05) is 5.32 Å². The molecule has 0 aliphatic heterocycles. The number of halogens is 4. The molecule has 5 nitrogen and oxygen atoms in total. The summed E-state index contributed by atoms with van der Waals surface area (Å²) in [5, 5.41) is 11.2. The number of anilines is 1. The molecule has 2 aromatic heterocycles. The number of carbonyl (C=O) groups is 1. The molecule has 1 N–H and O–H groups in total. The SMILES string of the molecule is N#Cc1cc(NC(=O)c2cc(F)c(Cl)s2)cn(CC(F)F)c1=O. The number of rotatable bonds is 4. The summed E-state index contributed by atoms with van der Waals surface area (Å²) in [6.07, 6.45) is -1.82. The first-order chi connectivity index (χ1) is 10.8. The van der Waals surface area contributed by atoms with E-state index in [4.69, 9.17) is 16.9 Å². The molecule has 0 unspecified atom stereocenters. The summed E-state index contributed by atoms with van der Waals surface area (Å²) in [4.78, 5) is 23.6. The summed E-state index contributed by atoms with van der Waals surface area (Å²) in [6.45, 7) is -0.920. The van der Waals surface area contributed by atoms with E-state index in [1.807, 2.05) is 0 Å². The zero-order chi connectivity index (χ0) is 17.1. The van der Waals surface area contributed by atoms with Gasteiger partial charge in [0.05, 0.1) is 17.1 Å². The van der Waals surface area contributed by atoms with Gasteiger partial charge in [-0.1, -0.05) is 11.6 Å². The second kappa shape index (κ2) is 6.85. The molecule has 2 aromatic rings. The van der Waals surface area contributed by atoms with Gasteiger partial charge in [-0.3, -0.25) is 9.59 Å². The lowest BCUT2D eigenvalue weighted by atomic mass is 10.2. The first-order valence-corrected chi connectivity index (χ1v) is 7.20. The molecule has 0 atom stereocenters. The fourth-order valence-electron chi connectivity index (χ4n) is 1.72. The van der Waals surface area contributed by atoms with Crippen molar-refractivity contribution in [1.82, 2.24) is 4.57 Å². The van der Waals surface area contributed by atoms with Crippen molar-refractivity contribution in [3.8, 4) is 6.07 Å². The number of pyridine rings is 1.